The van der Waals surface area contributed by atoms with Crippen molar-refractivity contribution in [1.29, 1.82) is 0 Å². The molecule has 0 bridgehead atoms. The van der Waals surface area contributed by atoms with Gasteiger partial charge in [-0.1, -0.05) is 43.0 Å². The van der Waals surface area contributed by atoms with Crippen LogP contribution in [0.4, 0.5) is 8.78 Å². The number of aromatic nitrogens is 1. The van der Waals surface area contributed by atoms with Crippen molar-refractivity contribution in [2.45, 2.75) is 18.9 Å². The number of fused-ring (bicyclic) bond motifs is 1. The summed E-state index contributed by atoms with van der Waals surface area (Å²) in [6.07, 6.45) is 1.70. The average Bonchev–Trinajstić information content (AvgIpc) is 3.21. The maximum Gasteiger partial charge on any atom is 0.123 e. The van der Waals surface area contributed by atoms with Crippen molar-refractivity contribution in [2.24, 2.45) is 11.5 Å². The highest BCUT2D eigenvalue weighted by molar-refractivity contribution is 6.02. The molecule has 1 unspecified atom stereocenters. The van der Waals surface area contributed by atoms with Crippen LogP contribution in [-0.2, 0) is 0 Å². The highest BCUT2D eigenvalue weighted by atomic mass is 19.1. The third-order valence-corrected chi connectivity index (χ3v) is 5.77. The first-order valence-corrected chi connectivity index (χ1v) is 11.0. The largest absolute Gasteiger partial charge is 0.382 e. The number of aromatic amines is 1. The summed E-state index contributed by atoms with van der Waals surface area (Å²) >= 11 is 0. The minimum atomic E-state index is -0.290. The second-order valence-corrected chi connectivity index (χ2v) is 8.20. The fourth-order valence-electron chi connectivity index (χ4n) is 3.99. The van der Waals surface area contributed by atoms with E-state index in [2.05, 4.69) is 16.9 Å². The van der Waals surface area contributed by atoms with Gasteiger partial charge in [0.1, 0.15) is 11.6 Å². The summed E-state index contributed by atoms with van der Waals surface area (Å²) in [4.78, 5) is 3.47. The van der Waals surface area contributed by atoms with Gasteiger partial charge in [0.2, 0.25) is 0 Å². The number of benzene rings is 3. The van der Waals surface area contributed by atoms with Gasteiger partial charge in [-0.25, -0.2) is 8.78 Å². The zero-order valence-corrected chi connectivity index (χ0v) is 18.4. The lowest BCUT2D eigenvalue weighted by atomic mass is 9.98. The lowest BCUT2D eigenvalue weighted by Gasteiger charge is -2.15. The molecule has 0 aliphatic carbocycles. The lowest BCUT2D eigenvalue weighted by molar-refractivity contribution is 0.571. The predicted octanol–water partition coefficient (Wildman–Crippen LogP) is 5.41. The van der Waals surface area contributed by atoms with Crippen LogP contribution >= 0.6 is 0 Å². The van der Waals surface area contributed by atoms with Gasteiger partial charge in [0.05, 0.1) is 11.4 Å². The number of halogens is 2. The van der Waals surface area contributed by atoms with Crippen molar-refractivity contribution in [3.63, 3.8) is 0 Å². The molecule has 1 heterocycles. The molecule has 4 nitrogen and oxygen atoms in total. The Bertz CT molecular complexity index is 1240. The summed E-state index contributed by atoms with van der Waals surface area (Å²) < 4.78 is 26.9. The van der Waals surface area contributed by atoms with Crippen molar-refractivity contribution in [3.8, 4) is 22.3 Å². The molecule has 0 fully saturated rings. The first kappa shape index (κ1) is 22.7. The van der Waals surface area contributed by atoms with Gasteiger partial charge in [-0.3, -0.25) is 0 Å². The lowest BCUT2D eigenvalue weighted by Crippen LogP contribution is -2.33. The molecule has 1 aromatic heterocycles. The maximum atomic E-state index is 13.6. The Kier molecular flexibility index (Phi) is 6.87. The average molecular weight is 447 g/mol. The molecule has 0 spiro atoms. The van der Waals surface area contributed by atoms with Crippen molar-refractivity contribution in [1.82, 2.24) is 10.3 Å². The van der Waals surface area contributed by atoms with Crippen molar-refractivity contribution in [3.05, 3.63) is 90.6 Å². The molecular formula is C27H28F2N4. The van der Waals surface area contributed by atoms with E-state index < -0.39 is 0 Å². The van der Waals surface area contributed by atoms with E-state index in [4.69, 9.17) is 11.5 Å². The molecule has 6 heteroatoms. The molecule has 6 N–H and O–H groups in total. The topological polar surface area (TPSA) is 79.9 Å². The Morgan fingerprint density at radius 3 is 2.15 bits per heavy atom. The Labute approximate surface area is 192 Å². The van der Waals surface area contributed by atoms with E-state index in [1.165, 1.54) is 24.3 Å². The Morgan fingerprint density at radius 1 is 0.909 bits per heavy atom. The Morgan fingerprint density at radius 2 is 1.52 bits per heavy atom. The van der Waals surface area contributed by atoms with Crippen molar-refractivity contribution in [2.75, 3.05) is 13.1 Å². The zero-order chi connectivity index (χ0) is 23.4. The second-order valence-electron chi connectivity index (χ2n) is 8.20. The Hall–Kier alpha value is -3.48. The van der Waals surface area contributed by atoms with E-state index in [0.717, 1.165) is 51.7 Å². The van der Waals surface area contributed by atoms with Gasteiger partial charge < -0.3 is 21.8 Å². The SMILES string of the molecule is C=C(NCC(N)CCCN)c1[nH]c2cc(-c3ccc(F)cc3)ccc2c1-c1ccc(F)cc1. The molecule has 170 valence electrons. The number of hydrogen-bond acceptors (Lipinski definition) is 3. The highest BCUT2D eigenvalue weighted by Gasteiger charge is 2.17. The van der Waals surface area contributed by atoms with Gasteiger partial charge in [0, 0.05) is 29.1 Å². The monoisotopic (exact) mass is 446 g/mol. The fourth-order valence-corrected chi connectivity index (χ4v) is 3.99. The van der Waals surface area contributed by atoms with Crippen LogP contribution in [0.2, 0.25) is 0 Å². The van der Waals surface area contributed by atoms with Gasteiger partial charge in [-0.2, -0.15) is 0 Å². The first-order chi connectivity index (χ1) is 16.0. The molecule has 4 rings (SSSR count). The van der Waals surface area contributed by atoms with Crippen molar-refractivity contribution >= 4 is 16.6 Å². The van der Waals surface area contributed by atoms with Gasteiger partial charge in [0.15, 0.2) is 0 Å². The van der Waals surface area contributed by atoms with Crippen LogP contribution in [0, 0.1) is 11.6 Å². The molecule has 0 aliphatic heterocycles. The minimum Gasteiger partial charge on any atom is -0.382 e. The summed E-state index contributed by atoms with van der Waals surface area (Å²) in [5, 5.41) is 4.32. The molecule has 0 amide bonds. The number of rotatable bonds is 9. The fraction of sp³-hybridized carbons (Fsp3) is 0.185. The van der Waals surface area contributed by atoms with E-state index in [-0.39, 0.29) is 17.7 Å². The number of nitrogens with two attached hydrogens (primary N) is 2. The summed E-state index contributed by atoms with van der Waals surface area (Å²) in [6.45, 7) is 5.41. The Balaban J connectivity index is 1.73. The van der Waals surface area contributed by atoms with E-state index >= 15 is 0 Å². The molecule has 3 aromatic carbocycles. The van der Waals surface area contributed by atoms with Gasteiger partial charge in [0.25, 0.3) is 0 Å². The standard InChI is InChI=1S/C27H28F2N4/c1-17(32-16-23(31)3-2-14-30)27-26(19-6-11-22(29)12-7-19)24-13-8-20(15-25(24)33-27)18-4-9-21(28)10-5-18/h4-13,15,23,32-33H,1-3,14,16,30-31H2. The molecule has 0 aliphatic rings. The zero-order valence-electron chi connectivity index (χ0n) is 18.4. The van der Waals surface area contributed by atoms with E-state index in [1.54, 1.807) is 24.3 Å². The molecule has 0 radical (unpaired) electrons. The normalized spacial score (nSPS) is 12.1. The van der Waals surface area contributed by atoms with E-state index in [9.17, 15) is 8.78 Å². The summed E-state index contributed by atoms with van der Waals surface area (Å²) in [6, 6.07) is 18.8. The van der Waals surface area contributed by atoms with Crippen LogP contribution in [0.25, 0.3) is 38.9 Å². The van der Waals surface area contributed by atoms with Crippen LogP contribution in [0.1, 0.15) is 18.5 Å². The van der Waals surface area contributed by atoms with Crippen LogP contribution in [0.5, 0.6) is 0 Å². The smallest absolute Gasteiger partial charge is 0.123 e. The molecule has 1 atom stereocenters. The summed E-state index contributed by atoms with van der Waals surface area (Å²) in [5.41, 5.74) is 17.9. The molecule has 0 saturated carbocycles. The van der Waals surface area contributed by atoms with Crippen LogP contribution in [0.3, 0.4) is 0 Å². The van der Waals surface area contributed by atoms with E-state index in [0.29, 0.717) is 18.8 Å². The van der Waals surface area contributed by atoms with Gasteiger partial charge in [-0.05, 0) is 66.4 Å². The van der Waals surface area contributed by atoms with Crippen molar-refractivity contribution < 1.29 is 8.78 Å². The summed E-state index contributed by atoms with van der Waals surface area (Å²) in [5.74, 6) is -0.561. The minimum absolute atomic E-state index is 0.0333. The second kappa shape index (κ2) is 9.98. The number of hydrogen-bond donors (Lipinski definition) is 4. The third kappa shape index (κ3) is 5.13. The summed E-state index contributed by atoms with van der Waals surface area (Å²) in [7, 11) is 0. The van der Waals surface area contributed by atoms with Crippen LogP contribution in [0.15, 0.2) is 73.3 Å². The third-order valence-electron chi connectivity index (χ3n) is 5.77. The predicted molar refractivity (Wildman–Crippen MR) is 132 cm³/mol. The number of nitrogens with one attached hydrogen (secondary N) is 2. The van der Waals surface area contributed by atoms with Crippen LogP contribution < -0.4 is 16.8 Å². The first-order valence-electron chi connectivity index (χ1n) is 11.0. The highest BCUT2D eigenvalue weighted by Crippen LogP contribution is 2.37. The van der Waals surface area contributed by atoms with E-state index in [1.807, 2.05) is 18.2 Å². The molecule has 4 aromatic rings. The maximum absolute atomic E-state index is 13.6. The molecular weight excluding hydrogens is 418 g/mol. The number of H-pyrrole nitrogens is 1. The molecule has 33 heavy (non-hydrogen) atoms. The quantitative estimate of drug-likeness (QED) is 0.278. The van der Waals surface area contributed by atoms with Crippen LogP contribution in [-0.4, -0.2) is 24.1 Å². The molecule has 0 saturated heterocycles. The van der Waals surface area contributed by atoms with Gasteiger partial charge in [-0.15, -0.1) is 0 Å². The van der Waals surface area contributed by atoms with Gasteiger partial charge >= 0.3 is 0 Å².